The lowest BCUT2D eigenvalue weighted by Crippen LogP contribution is -2.30. The molecule has 1 aliphatic rings. The molecule has 1 heterocycles. The van der Waals surface area contributed by atoms with Crippen molar-refractivity contribution in [3.63, 3.8) is 0 Å². The van der Waals surface area contributed by atoms with Crippen LogP contribution >= 0.6 is 0 Å². The van der Waals surface area contributed by atoms with Crippen LogP contribution in [0.15, 0.2) is 16.5 Å². The SMILES string of the molecule is N#CC1=NC(C#N)=C(N)NC1. The number of rotatable bonds is 0. The highest BCUT2D eigenvalue weighted by molar-refractivity contribution is 6.01. The first-order valence-electron chi connectivity index (χ1n) is 2.89. The Labute approximate surface area is 63.4 Å². The maximum absolute atomic E-state index is 8.43. The standard InChI is InChI=1S/C6H5N5/c7-1-4-3-10-6(9)5(2-8)11-4/h10H,3,9H2. The van der Waals surface area contributed by atoms with E-state index in [1.165, 1.54) is 0 Å². The highest BCUT2D eigenvalue weighted by Crippen LogP contribution is 2.01. The first-order valence-corrected chi connectivity index (χ1v) is 2.89. The molecule has 5 nitrogen and oxygen atoms in total. The van der Waals surface area contributed by atoms with Crippen LogP contribution < -0.4 is 11.1 Å². The van der Waals surface area contributed by atoms with Gasteiger partial charge in [0, 0.05) is 0 Å². The quantitative estimate of drug-likeness (QED) is 0.468. The van der Waals surface area contributed by atoms with Gasteiger partial charge in [-0.05, 0) is 0 Å². The Hall–Kier alpha value is -2.01. The Morgan fingerprint density at radius 3 is 2.73 bits per heavy atom. The van der Waals surface area contributed by atoms with E-state index >= 15 is 0 Å². The summed E-state index contributed by atoms with van der Waals surface area (Å²) in [5.41, 5.74) is 5.69. The number of hydrogen-bond acceptors (Lipinski definition) is 5. The van der Waals surface area contributed by atoms with Crippen molar-refractivity contribution < 1.29 is 0 Å². The number of nitrogens with two attached hydrogens (primary N) is 1. The van der Waals surface area contributed by atoms with Gasteiger partial charge in [0.25, 0.3) is 0 Å². The summed E-state index contributed by atoms with van der Waals surface area (Å²) in [4.78, 5) is 3.69. The first kappa shape index (κ1) is 7.10. The fraction of sp³-hybridized carbons (Fsp3) is 0.167. The lowest BCUT2D eigenvalue weighted by Gasteiger charge is -2.09. The second-order valence-electron chi connectivity index (χ2n) is 1.90. The third-order valence-corrected chi connectivity index (χ3v) is 1.18. The van der Waals surface area contributed by atoms with Gasteiger partial charge >= 0.3 is 0 Å². The predicted molar refractivity (Wildman–Crippen MR) is 37.9 cm³/mol. The number of nitrogens with zero attached hydrogens (tertiary/aromatic N) is 3. The molecule has 1 rings (SSSR count). The monoisotopic (exact) mass is 147 g/mol. The van der Waals surface area contributed by atoms with E-state index in [2.05, 4.69) is 10.3 Å². The Morgan fingerprint density at radius 2 is 2.18 bits per heavy atom. The molecule has 11 heavy (non-hydrogen) atoms. The summed E-state index contributed by atoms with van der Waals surface area (Å²) in [6.07, 6.45) is 0. The van der Waals surface area contributed by atoms with Gasteiger partial charge < -0.3 is 11.1 Å². The smallest absolute Gasteiger partial charge is 0.181 e. The minimum absolute atomic E-state index is 0.0767. The van der Waals surface area contributed by atoms with Crippen molar-refractivity contribution in [1.29, 1.82) is 10.5 Å². The Kier molecular flexibility index (Phi) is 1.75. The first-order chi connectivity index (χ1) is 5.27. The third kappa shape index (κ3) is 1.28. The summed E-state index contributed by atoms with van der Waals surface area (Å²) in [5.74, 6) is 0.228. The predicted octanol–water partition coefficient (Wildman–Crippen LogP) is -0.794. The third-order valence-electron chi connectivity index (χ3n) is 1.18. The number of nitriles is 2. The second-order valence-corrected chi connectivity index (χ2v) is 1.90. The Morgan fingerprint density at radius 1 is 1.45 bits per heavy atom. The van der Waals surface area contributed by atoms with Crippen molar-refractivity contribution in [3.8, 4) is 12.1 Å². The topological polar surface area (TPSA) is 98.0 Å². The molecule has 0 aliphatic carbocycles. The van der Waals surface area contributed by atoms with Crippen molar-refractivity contribution >= 4 is 5.71 Å². The normalized spacial score (nSPS) is 16.0. The summed E-state index contributed by atoms with van der Waals surface area (Å²) in [6, 6.07) is 3.61. The van der Waals surface area contributed by atoms with Gasteiger partial charge in [-0.2, -0.15) is 10.5 Å². The summed E-state index contributed by atoms with van der Waals surface area (Å²) in [6.45, 7) is 0.299. The fourth-order valence-electron chi connectivity index (χ4n) is 0.647. The molecule has 0 radical (unpaired) electrons. The van der Waals surface area contributed by atoms with Crippen molar-refractivity contribution in [1.82, 2.24) is 5.32 Å². The van der Waals surface area contributed by atoms with Crippen LogP contribution in [-0.2, 0) is 0 Å². The van der Waals surface area contributed by atoms with Crippen LogP contribution in [0.4, 0.5) is 0 Å². The maximum atomic E-state index is 8.43. The molecule has 0 fully saturated rings. The van der Waals surface area contributed by atoms with E-state index in [1.807, 2.05) is 6.07 Å². The molecule has 0 atom stereocenters. The molecule has 0 amide bonds. The minimum atomic E-state index is 0.0767. The van der Waals surface area contributed by atoms with Crippen LogP contribution in [0.25, 0.3) is 0 Å². The van der Waals surface area contributed by atoms with E-state index in [-0.39, 0.29) is 17.2 Å². The van der Waals surface area contributed by atoms with E-state index in [1.54, 1.807) is 6.07 Å². The van der Waals surface area contributed by atoms with Gasteiger partial charge in [0.1, 0.15) is 23.7 Å². The highest BCUT2D eigenvalue weighted by Gasteiger charge is 2.10. The average molecular weight is 147 g/mol. The molecule has 3 N–H and O–H groups in total. The number of hydrogen-bond donors (Lipinski definition) is 2. The van der Waals surface area contributed by atoms with E-state index in [9.17, 15) is 0 Å². The molecule has 0 saturated carbocycles. The van der Waals surface area contributed by atoms with Gasteiger partial charge in [-0.1, -0.05) is 0 Å². The van der Waals surface area contributed by atoms with Crippen LogP contribution in [0.1, 0.15) is 0 Å². The lowest BCUT2D eigenvalue weighted by atomic mass is 10.3. The fourth-order valence-corrected chi connectivity index (χ4v) is 0.647. The van der Waals surface area contributed by atoms with Crippen molar-refractivity contribution in [2.45, 2.75) is 0 Å². The zero-order valence-corrected chi connectivity index (χ0v) is 5.63. The van der Waals surface area contributed by atoms with Gasteiger partial charge in [-0.3, -0.25) is 0 Å². The van der Waals surface area contributed by atoms with E-state index in [0.717, 1.165) is 0 Å². The number of aliphatic imine (C=N–C) groups is 1. The molecule has 1 aliphatic heterocycles. The van der Waals surface area contributed by atoms with Crippen molar-refractivity contribution in [3.05, 3.63) is 11.5 Å². The average Bonchev–Trinajstić information content (AvgIpc) is 2.05. The Balaban J connectivity index is 3.01. The molecule has 0 unspecified atom stereocenters. The Bertz CT molecular complexity index is 311. The van der Waals surface area contributed by atoms with E-state index in [0.29, 0.717) is 6.54 Å². The molecule has 5 heteroatoms. The van der Waals surface area contributed by atoms with E-state index < -0.39 is 0 Å². The van der Waals surface area contributed by atoms with E-state index in [4.69, 9.17) is 16.3 Å². The molecule has 0 aromatic rings. The molecule has 0 saturated heterocycles. The number of nitrogens with one attached hydrogen (secondary N) is 1. The van der Waals surface area contributed by atoms with Crippen molar-refractivity contribution in [2.24, 2.45) is 10.7 Å². The highest BCUT2D eigenvalue weighted by atomic mass is 15.1. The second kappa shape index (κ2) is 2.72. The molecule has 0 aromatic carbocycles. The molecule has 0 spiro atoms. The maximum Gasteiger partial charge on any atom is 0.181 e. The van der Waals surface area contributed by atoms with Gasteiger partial charge in [-0.15, -0.1) is 0 Å². The zero-order valence-electron chi connectivity index (χ0n) is 5.63. The molecular formula is C6H5N5. The largest absolute Gasteiger partial charge is 0.383 e. The van der Waals surface area contributed by atoms with Gasteiger partial charge in [0.15, 0.2) is 5.70 Å². The van der Waals surface area contributed by atoms with Crippen LogP contribution in [0.3, 0.4) is 0 Å². The van der Waals surface area contributed by atoms with Gasteiger partial charge in [-0.25, -0.2) is 4.99 Å². The zero-order chi connectivity index (χ0) is 8.27. The van der Waals surface area contributed by atoms with Gasteiger partial charge in [0.05, 0.1) is 6.54 Å². The van der Waals surface area contributed by atoms with Crippen LogP contribution in [0.5, 0.6) is 0 Å². The summed E-state index contributed by atoms with van der Waals surface area (Å²) >= 11 is 0. The van der Waals surface area contributed by atoms with Crippen LogP contribution in [0.2, 0.25) is 0 Å². The molecular weight excluding hydrogens is 142 g/mol. The summed E-state index contributed by atoms with van der Waals surface area (Å²) < 4.78 is 0. The number of allylic oxidation sites excluding steroid dienone is 1. The molecule has 0 bridgehead atoms. The van der Waals surface area contributed by atoms with Crippen LogP contribution in [0, 0.1) is 22.7 Å². The summed E-state index contributed by atoms with van der Waals surface area (Å²) in [7, 11) is 0. The molecule has 0 aromatic heterocycles. The van der Waals surface area contributed by atoms with Gasteiger partial charge in [0.2, 0.25) is 0 Å². The van der Waals surface area contributed by atoms with Crippen LogP contribution in [-0.4, -0.2) is 12.3 Å². The molecule has 54 valence electrons. The lowest BCUT2D eigenvalue weighted by molar-refractivity contribution is 0.870. The minimum Gasteiger partial charge on any atom is -0.383 e. The van der Waals surface area contributed by atoms with Crippen molar-refractivity contribution in [2.75, 3.05) is 6.54 Å². The summed E-state index contributed by atoms with van der Waals surface area (Å²) in [5, 5.41) is 19.5.